The van der Waals surface area contributed by atoms with Gasteiger partial charge in [0.15, 0.2) is 52.7 Å². The van der Waals surface area contributed by atoms with Crippen LogP contribution in [0.25, 0.3) is 55.7 Å². The summed E-state index contributed by atoms with van der Waals surface area (Å²) in [5, 5.41) is 216. The average Bonchev–Trinajstić information content (AvgIpc) is 0.811. The smallest absolute Gasteiger partial charge is 0.239 e. The second kappa shape index (κ2) is 23.7. The number of rotatable bonds is 13. The number of hydrogen-bond acceptors (Lipinski definition) is 32. The van der Waals surface area contributed by atoms with Crippen molar-refractivity contribution in [3.05, 3.63) is 69.0 Å². The van der Waals surface area contributed by atoms with Crippen LogP contribution in [0.4, 0.5) is 0 Å². The first-order valence-electron chi connectivity index (χ1n) is 26.1. The number of phenols is 8. The van der Waals surface area contributed by atoms with E-state index in [-0.39, 0.29) is 0 Å². The van der Waals surface area contributed by atoms with Crippen LogP contribution in [-0.2, 0) is 28.4 Å². The third-order valence-electron chi connectivity index (χ3n) is 15.2. The van der Waals surface area contributed by atoms with Crippen LogP contribution < -0.4 is 20.3 Å². The molecule has 4 fully saturated rings. The van der Waals surface area contributed by atoms with Crippen molar-refractivity contribution < 1.29 is 149 Å². The summed E-state index contributed by atoms with van der Waals surface area (Å²) in [7, 11) is 0. The Bertz CT molecular complexity index is 3640. The predicted molar refractivity (Wildman–Crippen MR) is 279 cm³/mol. The number of aliphatic hydroxyl groups is 12. The van der Waals surface area contributed by atoms with E-state index in [4.69, 9.17) is 46.7 Å². The zero-order valence-corrected chi connectivity index (χ0v) is 44.4. The lowest BCUT2D eigenvalue weighted by Crippen LogP contribution is -2.61. The Kier molecular flexibility index (Phi) is 17.0. The van der Waals surface area contributed by atoms with Crippen LogP contribution in [0.3, 0.4) is 0 Å². The van der Waals surface area contributed by atoms with Gasteiger partial charge < -0.3 is 149 Å². The molecule has 4 aliphatic rings. The van der Waals surface area contributed by atoms with Crippen LogP contribution in [0.2, 0.25) is 0 Å². The molecule has 466 valence electrons. The van der Waals surface area contributed by atoms with Gasteiger partial charge in [0.05, 0.1) is 31.0 Å². The molecule has 10 rings (SSSR count). The molecule has 20 N–H and O–H groups in total. The van der Waals surface area contributed by atoms with Gasteiger partial charge >= 0.3 is 0 Å². The third-order valence-corrected chi connectivity index (χ3v) is 15.2. The van der Waals surface area contributed by atoms with Gasteiger partial charge in [-0.15, -0.1) is 0 Å². The minimum atomic E-state index is -2.31. The summed E-state index contributed by atoms with van der Waals surface area (Å²) in [5.74, 6) is -11.8. The third kappa shape index (κ3) is 10.9. The van der Waals surface area contributed by atoms with Crippen LogP contribution in [0.5, 0.6) is 57.5 Å². The Hall–Kier alpha value is -7.42. The zero-order chi connectivity index (χ0) is 62.4. The van der Waals surface area contributed by atoms with Crippen molar-refractivity contribution in [1.82, 2.24) is 0 Å². The van der Waals surface area contributed by atoms with E-state index in [2.05, 4.69) is 0 Å². The fraction of sp³-hybridized carbons (Fsp3) is 0.444. The molecule has 4 aromatic carbocycles. The standard InChI is InChI=1S/C54H58O32/c1-13-31(62)38(69)42(73)51(79-13)77-11-25-34(65)40(71)44(75)53(82-25)85-49-37(68)30-23(61)10-22(60)29(48(30)84-46(49)15-3-5-18(56)20(58)7-15)27-17(4-6-19(57)33(27)64)47-50(36(67)28-21(59)8-16(55)9-24(28)81-47)86-54-45(76)41(72)35(66)26(83-54)12-78-52-43(74)39(70)32(63)14(2)80-52/h3-10,13-14,25-26,31-32,34-35,38-45,51-66,69-76H,11-12H2,1-2H3/t13-,14-,25+,26+,31-,32-,34+,35+,38+,39+,40-,41-,42+,43+,44+,45+,51+,52+,53-,54-/m0/s1. The van der Waals surface area contributed by atoms with E-state index < -0.39 is 260 Å². The summed E-state index contributed by atoms with van der Waals surface area (Å²) in [5.41, 5.74) is -7.35. The van der Waals surface area contributed by atoms with Crippen molar-refractivity contribution in [2.45, 2.75) is 137 Å². The van der Waals surface area contributed by atoms with Crippen LogP contribution >= 0.6 is 0 Å². The highest BCUT2D eigenvalue weighted by Crippen LogP contribution is 2.53. The molecule has 86 heavy (non-hydrogen) atoms. The molecular weight excluding hydrogens is 1160 g/mol. The quantitative estimate of drug-likeness (QED) is 0.0501. The fourth-order valence-electron chi connectivity index (χ4n) is 10.3. The van der Waals surface area contributed by atoms with E-state index in [1.165, 1.54) is 13.8 Å². The van der Waals surface area contributed by atoms with Crippen LogP contribution in [0.15, 0.2) is 67.0 Å². The molecule has 6 aromatic rings. The molecule has 0 amide bonds. The highest BCUT2D eigenvalue weighted by atomic mass is 16.7. The first kappa shape index (κ1) is 61.7. The van der Waals surface area contributed by atoms with Crippen molar-refractivity contribution >= 4 is 21.9 Å². The van der Waals surface area contributed by atoms with Gasteiger partial charge in [-0.1, -0.05) is 0 Å². The lowest BCUT2D eigenvalue weighted by molar-refractivity contribution is -0.318. The van der Waals surface area contributed by atoms with Crippen molar-refractivity contribution in [2.75, 3.05) is 13.2 Å². The number of fused-ring (bicyclic) bond motifs is 2. The van der Waals surface area contributed by atoms with Crippen molar-refractivity contribution in [2.24, 2.45) is 0 Å². The summed E-state index contributed by atoms with van der Waals surface area (Å²) in [6, 6.07) is 6.47. The van der Waals surface area contributed by atoms with E-state index in [0.717, 1.165) is 36.4 Å². The molecule has 32 nitrogen and oxygen atoms in total. The lowest BCUT2D eigenvalue weighted by Gasteiger charge is -2.42. The monoisotopic (exact) mass is 1220 g/mol. The van der Waals surface area contributed by atoms with Gasteiger partial charge in [-0.25, -0.2) is 0 Å². The molecule has 0 bridgehead atoms. The van der Waals surface area contributed by atoms with E-state index in [1.54, 1.807) is 0 Å². The Labute approximate surface area is 479 Å². The summed E-state index contributed by atoms with van der Waals surface area (Å²) >= 11 is 0. The first-order chi connectivity index (χ1) is 40.6. The number of ether oxygens (including phenoxy) is 8. The van der Waals surface area contributed by atoms with E-state index >= 15 is 4.79 Å². The molecule has 20 atom stereocenters. The van der Waals surface area contributed by atoms with Crippen molar-refractivity contribution in [3.63, 3.8) is 0 Å². The van der Waals surface area contributed by atoms with Gasteiger partial charge in [0.25, 0.3) is 0 Å². The molecule has 4 aliphatic heterocycles. The lowest BCUT2D eigenvalue weighted by atomic mass is 9.92. The molecule has 0 radical (unpaired) electrons. The maximum atomic E-state index is 15.1. The number of phenolic OH excluding ortho intramolecular Hbond substituents is 8. The van der Waals surface area contributed by atoms with Crippen molar-refractivity contribution in [3.8, 4) is 91.3 Å². The maximum absolute atomic E-state index is 15.1. The minimum absolute atomic E-state index is 0.404. The molecule has 0 unspecified atom stereocenters. The fourth-order valence-corrected chi connectivity index (χ4v) is 10.3. The molecular formula is C54H58O32. The van der Waals surface area contributed by atoms with Gasteiger partial charge in [0.1, 0.15) is 125 Å². The molecule has 2 aromatic heterocycles. The van der Waals surface area contributed by atoms with Crippen LogP contribution in [0.1, 0.15) is 13.8 Å². The van der Waals surface area contributed by atoms with Crippen molar-refractivity contribution in [1.29, 1.82) is 0 Å². The van der Waals surface area contributed by atoms with E-state index in [0.29, 0.717) is 12.1 Å². The highest BCUT2D eigenvalue weighted by Gasteiger charge is 2.50. The summed E-state index contributed by atoms with van der Waals surface area (Å²) in [6.45, 7) is 1.05. The topological polar surface area (TPSA) is 539 Å². The number of hydrogen-bond donors (Lipinski definition) is 20. The van der Waals surface area contributed by atoms with Gasteiger partial charge in [0, 0.05) is 34.9 Å². The van der Waals surface area contributed by atoms with Gasteiger partial charge in [-0.3, -0.25) is 9.59 Å². The molecule has 4 saturated heterocycles. The highest BCUT2D eigenvalue weighted by molar-refractivity contribution is 6.06. The van der Waals surface area contributed by atoms with Crippen LogP contribution in [-0.4, -0.2) is 238 Å². The van der Waals surface area contributed by atoms with Gasteiger partial charge in [0.2, 0.25) is 34.9 Å². The second-order valence-electron chi connectivity index (χ2n) is 20.9. The largest absolute Gasteiger partial charge is 0.508 e. The first-order valence-corrected chi connectivity index (χ1v) is 26.1. The average molecular weight is 1220 g/mol. The number of aromatic hydroxyl groups is 8. The molecule has 0 saturated carbocycles. The molecule has 0 spiro atoms. The molecule has 32 heteroatoms. The number of benzene rings is 4. The van der Waals surface area contributed by atoms with E-state index in [9.17, 15) is 107 Å². The Morgan fingerprint density at radius 3 is 1.43 bits per heavy atom. The Morgan fingerprint density at radius 2 is 0.895 bits per heavy atom. The second-order valence-corrected chi connectivity index (χ2v) is 20.9. The van der Waals surface area contributed by atoms with Gasteiger partial charge in [-0.2, -0.15) is 0 Å². The zero-order valence-electron chi connectivity index (χ0n) is 44.4. The SMILES string of the molecule is C[C@@H]1O[C@@H](OC[C@H]2O[C@@H](Oc3c(-c4ccc(O)c(O)c4-c4c(O)cc(O)c5c(=O)c(O[C@@H]6O[C@H](CO[C@@H]7O[C@@H](C)[C@H](O)[C@@H](O)[C@H]7O)[C@@H](O)[C@H](O)[C@H]6O)c(-c6ccc(O)c(O)c6)oc45)oc4cc(O)cc(O)c4c3=O)[C@H](O)[C@@H](O)[C@@H]2O)[C@H](O)[C@H](O)[C@H]1O. The maximum Gasteiger partial charge on any atom is 0.239 e. The van der Waals surface area contributed by atoms with Gasteiger partial charge in [-0.05, 0) is 44.2 Å². The predicted octanol–water partition coefficient (Wildman–Crippen LogP) is -3.39. The Morgan fingerprint density at radius 1 is 0.419 bits per heavy atom. The summed E-state index contributed by atoms with van der Waals surface area (Å²) in [4.78, 5) is 29.9. The molecule has 0 aliphatic carbocycles. The summed E-state index contributed by atoms with van der Waals surface area (Å²) < 4.78 is 57.7. The Balaban J connectivity index is 1.10. The van der Waals surface area contributed by atoms with E-state index in [1.807, 2.05) is 0 Å². The molecule has 6 heterocycles. The normalized spacial score (nSPS) is 33.2. The minimum Gasteiger partial charge on any atom is -0.508 e. The summed E-state index contributed by atoms with van der Waals surface area (Å²) in [6.07, 6.45) is -36.9. The number of aliphatic hydroxyl groups excluding tert-OH is 12. The van der Waals surface area contributed by atoms with Crippen LogP contribution in [0, 0.1) is 0 Å².